The first-order valence-electron chi connectivity index (χ1n) is 10.5. The first kappa shape index (κ1) is 25.2. The lowest BCUT2D eigenvalue weighted by Gasteiger charge is -2.21. The minimum Gasteiger partial charge on any atom is -0.445 e. The standard InChI is InChI=1S/C25H29N3O3.ClH/c1-18(21-14-13-20-10-5-6-11-22(20)16-21)28-23(24(26)29)12-7-15-27-25(30)31-17-19-8-3-2-4-9-19;/h2-6,8-11,13-14,16,18,23,28H,7,12,15,17H2,1H3,(H2,26,29)(H,27,30);1H/t18-,23-;/m1./s1. The summed E-state index contributed by atoms with van der Waals surface area (Å²) in [6.07, 6.45) is 0.648. The Balaban J connectivity index is 0.00000363. The van der Waals surface area contributed by atoms with Crippen LogP contribution in [0, 0.1) is 0 Å². The summed E-state index contributed by atoms with van der Waals surface area (Å²) in [5.41, 5.74) is 7.61. The second-order valence-electron chi connectivity index (χ2n) is 7.58. The Bertz CT molecular complexity index is 1010. The Labute approximate surface area is 194 Å². The number of alkyl carbamates (subject to hydrolysis) is 1. The summed E-state index contributed by atoms with van der Waals surface area (Å²) >= 11 is 0. The maximum atomic E-state index is 11.9. The highest BCUT2D eigenvalue weighted by molar-refractivity contribution is 5.85. The molecule has 2 atom stereocenters. The van der Waals surface area contributed by atoms with Crippen LogP contribution in [0.5, 0.6) is 0 Å². The summed E-state index contributed by atoms with van der Waals surface area (Å²) in [5, 5.41) is 8.36. The monoisotopic (exact) mass is 455 g/mol. The number of fused-ring (bicyclic) bond motifs is 1. The lowest BCUT2D eigenvalue weighted by atomic mass is 10.0. The number of ether oxygens (including phenoxy) is 1. The third kappa shape index (κ3) is 7.55. The molecule has 32 heavy (non-hydrogen) atoms. The molecule has 0 saturated carbocycles. The average molecular weight is 456 g/mol. The minimum atomic E-state index is -0.483. The van der Waals surface area contributed by atoms with Crippen LogP contribution in [0.4, 0.5) is 4.79 Å². The predicted molar refractivity (Wildman–Crippen MR) is 130 cm³/mol. The van der Waals surface area contributed by atoms with Crippen LogP contribution >= 0.6 is 12.4 Å². The Kier molecular flexibility index (Phi) is 9.98. The number of nitrogens with two attached hydrogens (primary N) is 1. The number of carbonyl (C=O) groups excluding carboxylic acids is 2. The van der Waals surface area contributed by atoms with Crippen LogP contribution < -0.4 is 16.4 Å². The molecule has 6 nitrogen and oxygen atoms in total. The molecule has 3 aromatic rings. The largest absolute Gasteiger partial charge is 0.445 e. The SMILES string of the molecule is C[C@@H](N[C@H](CCCNC(=O)OCc1ccccc1)C(N)=O)c1ccc2ccccc2c1.Cl. The van der Waals surface area contributed by atoms with E-state index in [1.54, 1.807) is 0 Å². The highest BCUT2D eigenvalue weighted by atomic mass is 35.5. The molecule has 0 aliphatic rings. The van der Waals surface area contributed by atoms with Gasteiger partial charge in [-0.05, 0) is 47.7 Å². The zero-order valence-electron chi connectivity index (χ0n) is 18.1. The molecular formula is C25H30ClN3O3. The fourth-order valence-electron chi connectivity index (χ4n) is 3.45. The average Bonchev–Trinajstić information content (AvgIpc) is 2.79. The van der Waals surface area contributed by atoms with Gasteiger partial charge in [0.25, 0.3) is 0 Å². The van der Waals surface area contributed by atoms with Gasteiger partial charge >= 0.3 is 6.09 Å². The van der Waals surface area contributed by atoms with Crippen molar-refractivity contribution in [2.75, 3.05) is 6.54 Å². The van der Waals surface area contributed by atoms with Crippen LogP contribution in [-0.4, -0.2) is 24.6 Å². The molecular weight excluding hydrogens is 426 g/mol. The van der Waals surface area contributed by atoms with E-state index in [0.29, 0.717) is 19.4 Å². The van der Waals surface area contributed by atoms with Gasteiger partial charge in [0.05, 0.1) is 6.04 Å². The summed E-state index contributed by atoms with van der Waals surface area (Å²) < 4.78 is 5.18. The van der Waals surface area contributed by atoms with Crippen molar-refractivity contribution < 1.29 is 14.3 Å². The Hall–Kier alpha value is -3.09. The van der Waals surface area contributed by atoms with Crippen molar-refractivity contribution in [3.05, 3.63) is 83.9 Å². The minimum absolute atomic E-state index is 0. The molecule has 0 radical (unpaired) electrons. The summed E-state index contributed by atoms with van der Waals surface area (Å²) in [4.78, 5) is 23.7. The summed E-state index contributed by atoms with van der Waals surface area (Å²) in [6.45, 7) is 2.64. The van der Waals surface area contributed by atoms with E-state index in [-0.39, 0.29) is 25.1 Å². The lowest BCUT2D eigenvalue weighted by molar-refractivity contribution is -0.120. The fourth-order valence-corrected chi connectivity index (χ4v) is 3.45. The zero-order chi connectivity index (χ0) is 22.1. The molecule has 2 amide bonds. The van der Waals surface area contributed by atoms with Gasteiger partial charge in [0.2, 0.25) is 5.91 Å². The van der Waals surface area contributed by atoms with Gasteiger partial charge in [-0.1, -0.05) is 66.7 Å². The zero-order valence-corrected chi connectivity index (χ0v) is 18.9. The number of nitrogens with one attached hydrogen (secondary N) is 2. The summed E-state index contributed by atoms with van der Waals surface area (Å²) in [6, 6.07) is 23.4. The van der Waals surface area contributed by atoms with E-state index in [9.17, 15) is 9.59 Å². The molecule has 4 N–H and O–H groups in total. The topological polar surface area (TPSA) is 93.4 Å². The van der Waals surface area contributed by atoms with E-state index in [1.807, 2.05) is 49.4 Å². The number of rotatable bonds is 10. The number of hydrogen-bond acceptors (Lipinski definition) is 4. The molecule has 3 aromatic carbocycles. The number of benzene rings is 3. The van der Waals surface area contributed by atoms with Crippen molar-refractivity contribution in [1.29, 1.82) is 0 Å². The van der Waals surface area contributed by atoms with Crippen molar-refractivity contribution >= 4 is 35.2 Å². The summed E-state index contributed by atoms with van der Waals surface area (Å²) in [5.74, 6) is -0.403. The number of hydrogen-bond donors (Lipinski definition) is 3. The highest BCUT2D eigenvalue weighted by Gasteiger charge is 2.18. The van der Waals surface area contributed by atoms with Crippen LogP contribution in [-0.2, 0) is 16.1 Å². The Morgan fingerprint density at radius 2 is 1.66 bits per heavy atom. The van der Waals surface area contributed by atoms with Crippen molar-refractivity contribution in [2.24, 2.45) is 5.73 Å². The second-order valence-corrected chi connectivity index (χ2v) is 7.58. The van der Waals surface area contributed by atoms with Crippen molar-refractivity contribution in [2.45, 2.75) is 38.5 Å². The molecule has 7 heteroatoms. The van der Waals surface area contributed by atoms with Crippen LogP contribution in [0.3, 0.4) is 0 Å². The van der Waals surface area contributed by atoms with E-state index in [0.717, 1.165) is 16.5 Å². The van der Waals surface area contributed by atoms with Gasteiger partial charge < -0.3 is 15.8 Å². The molecule has 170 valence electrons. The number of amides is 2. The molecule has 0 saturated heterocycles. The lowest BCUT2D eigenvalue weighted by Crippen LogP contribution is -2.43. The molecule has 0 aromatic heterocycles. The summed E-state index contributed by atoms with van der Waals surface area (Å²) in [7, 11) is 0. The van der Waals surface area contributed by atoms with Crippen LogP contribution in [0.15, 0.2) is 72.8 Å². The van der Waals surface area contributed by atoms with Crippen LogP contribution in [0.25, 0.3) is 10.8 Å². The molecule has 0 aliphatic carbocycles. The van der Waals surface area contributed by atoms with Gasteiger partial charge in [0.15, 0.2) is 0 Å². The number of primary amides is 1. The number of halogens is 1. The van der Waals surface area contributed by atoms with Gasteiger partial charge in [0.1, 0.15) is 6.61 Å². The van der Waals surface area contributed by atoms with E-state index in [4.69, 9.17) is 10.5 Å². The van der Waals surface area contributed by atoms with Gasteiger partial charge in [-0.25, -0.2) is 4.79 Å². The first-order valence-corrected chi connectivity index (χ1v) is 10.5. The predicted octanol–water partition coefficient (Wildman–Crippen LogP) is 4.47. The van der Waals surface area contributed by atoms with Gasteiger partial charge in [-0.2, -0.15) is 0 Å². The highest BCUT2D eigenvalue weighted by Crippen LogP contribution is 2.21. The van der Waals surface area contributed by atoms with E-state index in [2.05, 4.69) is 41.0 Å². The van der Waals surface area contributed by atoms with Crippen molar-refractivity contribution in [3.63, 3.8) is 0 Å². The van der Waals surface area contributed by atoms with Crippen molar-refractivity contribution in [3.8, 4) is 0 Å². The molecule has 0 bridgehead atoms. The smallest absolute Gasteiger partial charge is 0.407 e. The molecule has 0 aliphatic heterocycles. The fraction of sp³-hybridized carbons (Fsp3) is 0.280. The van der Waals surface area contributed by atoms with Gasteiger partial charge in [0, 0.05) is 12.6 Å². The third-order valence-electron chi connectivity index (χ3n) is 5.22. The normalized spacial score (nSPS) is 12.4. The van der Waals surface area contributed by atoms with E-state index in [1.165, 1.54) is 5.39 Å². The Morgan fingerprint density at radius 1 is 0.969 bits per heavy atom. The maximum absolute atomic E-state index is 11.9. The molecule has 0 unspecified atom stereocenters. The van der Waals surface area contributed by atoms with Crippen molar-refractivity contribution in [1.82, 2.24) is 10.6 Å². The molecule has 0 spiro atoms. The van der Waals surface area contributed by atoms with Gasteiger partial charge in [-0.3, -0.25) is 10.1 Å². The number of carbonyl (C=O) groups is 2. The van der Waals surface area contributed by atoms with E-state index >= 15 is 0 Å². The second kappa shape index (κ2) is 12.7. The third-order valence-corrected chi connectivity index (χ3v) is 5.22. The molecule has 3 rings (SSSR count). The quantitative estimate of drug-likeness (QED) is 0.393. The van der Waals surface area contributed by atoms with Gasteiger partial charge in [-0.15, -0.1) is 12.4 Å². The van der Waals surface area contributed by atoms with Crippen LogP contribution in [0.2, 0.25) is 0 Å². The van der Waals surface area contributed by atoms with E-state index < -0.39 is 18.0 Å². The first-order chi connectivity index (χ1) is 15.0. The molecule has 0 heterocycles. The Morgan fingerprint density at radius 3 is 2.38 bits per heavy atom. The maximum Gasteiger partial charge on any atom is 0.407 e. The van der Waals surface area contributed by atoms with Crippen LogP contribution in [0.1, 0.15) is 36.9 Å². The molecule has 0 fully saturated rings.